The Morgan fingerprint density at radius 3 is 2.70 bits per heavy atom. The van der Waals surface area contributed by atoms with Crippen LogP contribution in [0.15, 0.2) is 30.5 Å². The van der Waals surface area contributed by atoms with Gasteiger partial charge in [0.1, 0.15) is 5.69 Å². The number of carbonyl (C=O) groups excluding carboxylic acids is 1. The lowest BCUT2D eigenvalue weighted by Gasteiger charge is -2.12. The highest BCUT2D eigenvalue weighted by Crippen LogP contribution is 2.30. The molecule has 1 aromatic heterocycles. The van der Waals surface area contributed by atoms with E-state index in [4.69, 9.17) is 16.3 Å². The van der Waals surface area contributed by atoms with Gasteiger partial charge >= 0.3 is 0 Å². The van der Waals surface area contributed by atoms with Crippen LogP contribution in [0.4, 0.5) is 11.4 Å². The lowest BCUT2D eigenvalue weighted by atomic mass is 10.1. The Balaban J connectivity index is 2.07. The number of carbonyl (C=O) groups is 1. The summed E-state index contributed by atoms with van der Waals surface area (Å²) in [5.74, 6) is -0.224. The number of aromatic nitrogens is 1. The first-order chi connectivity index (χ1) is 11.0. The van der Waals surface area contributed by atoms with Gasteiger partial charge in [0.05, 0.1) is 29.2 Å². The zero-order chi connectivity index (χ0) is 16.8. The molecule has 0 unspecified atom stereocenters. The smallest absolute Gasteiger partial charge is 0.269 e. The first-order valence-corrected chi connectivity index (χ1v) is 7.66. The SMILES string of the molecule is COCCNC(=O)c1ccc(Nc2c(C)cc(C)cc2Cl)cn1. The van der Waals surface area contributed by atoms with Crippen molar-refractivity contribution in [3.63, 3.8) is 0 Å². The van der Waals surface area contributed by atoms with Gasteiger partial charge in [-0.15, -0.1) is 0 Å². The van der Waals surface area contributed by atoms with Crippen LogP contribution in [0.2, 0.25) is 5.02 Å². The summed E-state index contributed by atoms with van der Waals surface area (Å²) < 4.78 is 4.89. The standard InChI is InChI=1S/C17H20ClN3O2/c1-11-8-12(2)16(14(18)9-11)21-13-4-5-15(20-10-13)17(22)19-6-7-23-3/h4-5,8-10,21H,6-7H2,1-3H3,(H,19,22). The van der Waals surface area contributed by atoms with Gasteiger partial charge in [0.15, 0.2) is 0 Å². The van der Waals surface area contributed by atoms with E-state index < -0.39 is 0 Å². The molecule has 122 valence electrons. The van der Waals surface area contributed by atoms with Gasteiger partial charge in [0.25, 0.3) is 5.91 Å². The van der Waals surface area contributed by atoms with Crippen molar-refractivity contribution < 1.29 is 9.53 Å². The van der Waals surface area contributed by atoms with Crippen molar-refractivity contribution in [2.24, 2.45) is 0 Å². The first-order valence-electron chi connectivity index (χ1n) is 7.28. The molecule has 6 heteroatoms. The fourth-order valence-corrected chi connectivity index (χ4v) is 2.55. The molecule has 0 aliphatic heterocycles. The van der Waals surface area contributed by atoms with Crippen LogP contribution >= 0.6 is 11.6 Å². The second kappa shape index (κ2) is 7.94. The third-order valence-corrected chi connectivity index (χ3v) is 3.59. The summed E-state index contributed by atoms with van der Waals surface area (Å²) in [5, 5.41) is 6.62. The van der Waals surface area contributed by atoms with Crippen LogP contribution in [0.3, 0.4) is 0 Å². The van der Waals surface area contributed by atoms with Crippen LogP contribution in [0, 0.1) is 13.8 Å². The molecule has 2 N–H and O–H groups in total. The van der Waals surface area contributed by atoms with Crippen molar-refractivity contribution in [2.75, 3.05) is 25.6 Å². The summed E-state index contributed by atoms with van der Waals surface area (Å²) >= 11 is 6.28. The lowest BCUT2D eigenvalue weighted by molar-refractivity contribution is 0.0932. The third-order valence-electron chi connectivity index (χ3n) is 3.29. The van der Waals surface area contributed by atoms with Crippen LogP contribution in [0.25, 0.3) is 0 Å². The molecule has 0 fully saturated rings. The topological polar surface area (TPSA) is 63.2 Å². The van der Waals surface area contributed by atoms with E-state index in [0.29, 0.717) is 23.9 Å². The molecule has 23 heavy (non-hydrogen) atoms. The molecule has 2 aromatic rings. The minimum absolute atomic E-state index is 0.224. The van der Waals surface area contributed by atoms with Crippen molar-refractivity contribution in [1.82, 2.24) is 10.3 Å². The average Bonchev–Trinajstić information content (AvgIpc) is 2.51. The zero-order valence-corrected chi connectivity index (χ0v) is 14.2. The summed E-state index contributed by atoms with van der Waals surface area (Å²) in [6, 6.07) is 7.43. The van der Waals surface area contributed by atoms with E-state index in [-0.39, 0.29) is 5.91 Å². The number of ether oxygens (including phenoxy) is 1. The molecule has 0 atom stereocenters. The third kappa shape index (κ3) is 4.68. The van der Waals surface area contributed by atoms with Crippen LogP contribution in [0.5, 0.6) is 0 Å². The molecule has 1 heterocycles. The van der Waals surface area contributed by atoms with Crippen LogP contribution in [-0.4, -0.2) is 31.2 Å². The number of amides is 1. The maximum Gasteiger partial charge on any atom is 0.269 e. The average molecular weight is 334 g/mol. The molecular weight excluding hydrogens is 314 g/mol. The van der Waals surface area contributed by atoms with E-state index in [2.05, 4.69) is 21.7 Å². The molecule has 0 spiro atoms. The number of nitrogens with zero attached hydrogens (tertiary/aromatic N) is 1. The van der Waals surface area contributed by atoms with E-state index >= 15 is 0 Å². The molecule has 1 aromatic carbocycles. The number of methoxy groups -OCH3 is 1. The Morgan fingerprint density at radius 2 is 2.09 bits per heavy atom. The molecule has 0 bridgehead atoms. The summed E-state index contributed by atoms with van der Waals surface area (Å²) in [7, 11) is 1.59. The Hall–Kier alpha value is -2.11. The number of halogens is 1. The van der Waals surface area contributed by atoms with Gasteiger partial charge < -0.3 is 15.4 Å². The van der Waals surface area contributed by atoms with E-state index in [1.807, 2.05) is 19.9 Å². The monoisotopic (exact) mass is 333 g/mol. The predicted molar refractivity (Wildman–Crippen MR) is 92.7 cm³/mol. The maximum atomic E-state index is 11.9. The van der Waals surface area contributed by atoms with Gasteiger partial charge in [-0.05, 0) is 43.2 Å². The maximum absolute atomic E-state index is 11.9. The second-order valence-electron chi connectivity index (χ2n) is 5.24. The van der Waals surface area contributed by atoms with Crippen molar-refractivity contribution in [3.8, 4) is 0 Å². The lowest BCUT2D eigenvalue weighted by Crippen LogP contribution is -2.27. The van der Waals surface area contributed by atoms with Crippen molar-refractivity contribution in [2.45, 2.75) is 13.8 Å². The summed E-state index contributed by atoms with van der Waals surface area (Å²) in [6.07, 6.45) is 1.61. The van der Waals surface area contributed by atoms with Crippen molar-refractivity contribution in [1.29, 1.82) is 0 Å². The minimum atomic E-state index is -0.224. The number of hydrogen-bond acceptors (Lipinski definition) is 4. The van der Waals surface area contributed by atoms with Crippen LogP contribution < -0.4 is 10.6 Å². The van der Waals surface area contributed by atoms with Gasteiger partial charge in [-0.2, -0.15) is 0 Å². The highest BCUT2D eigenvalue weighted by molar-refractivity contribution is 6.33. The molecule has 5 nitrogen and oxygen atoms in total. The Kier molecular flexibility index (Phi) is 5.96. The molecule has 0 aliphatic carbocycles. The second-order valence-corrected chi connectivity index (χ2v) is 5.65. The Bertz CT molecular complexity index is 664. The minimum Gasteiger partial charge on any atom is -0.383 e. The van der Waals surface area contributed by atoms with Gasteiger partial charge in [0.2, 0.25) is 0 Å². The van der Waals surface area contributed by atoms with E-state index in [1.165, 1.54) is 0 Å². The number of pyridine rings is 1. The van der Waals surface area contributed by atoms with Crippen molar-refractivity contribution in [3.05, 3.63) is 52.3 Å². The van der Waals surface area contributed by atoms with Crippen LogP contribution in [0.1, 0.15) is 21.6 Å². The molecule has 0 radical (unpaired) electrons. The van der Waals surface area contributed by atoms with Gasteiger partial charge in [-0.1, -0.05) is 17.7 Å². The summed E-state index contributed by atoms with van der Waals surface area (Å²) in [4.78, 5) is 16.0. The highest BCUT2D eigenvalue weighted by atomic mass is 35.5. The van der Waals surface area contributed by atoms with E-state index in [1.54, 1.807) is 25.4 Å². The largest absolute Gasteiger partial charge is 0.383 e. The molecule has 2 rings (SSSR count). The van der Waals surface area contributed by atoms with Gasteiger partial charge in [-0.25, -0.2) is 4.98 Å². The number of anilines is 2. The van der Waals surface area contributed by atoms with E-state index in [0.717, 1.165) is 22.5 Å². The number of benzene rings is 1. The molecule has 0 saturated heterocycles. The molecule has 0 saturated carbocycles. The zero-order valence-electron chi connectivity index (χ0n) is 13.4. The number of aryl methyl sites for hydroxylation is 2. The van der Waals surface area contributed by atoms with E-state index in [9.17, 15) is 4.79 Å². The number of nitrogens with one attached hydrogen (secondary N) is 2. The number of hydrogen-bond donors (Lipinski definition) is 2. The quantitative estimate of drug-likeness (QED) is 0.794. The van der Waals surface area contributed by atoms with Crippen LogP contribution in [-0.2, 0) is 4.74 Å². The molecule has 1 amide bonds. The van der Waals surface area contributed by atoms with Crippen molar-refractivity contribution >= 4 is 28.9 Å². The molecular formula is C17H20ClN3O2. The summed E-state index contributed by atoms with van der Waals surface area (Å²) in [5.41, 5.74) is 4.14. The first kappa shape index (κ1) is 17.2. The summed E-state index contributed by atoms with van der Waals surface area (Å²) in [6.45, 7) is 4.92. The fraction of sp³-hybridized carbons (Fsp3) is 0.294. The highest BCUT2D eigenvalue weighted by Gasteiger charge is 2.09. The van der Waals surface area contributed by atoms with Gasteiger partial charge in [-0.3, -0.25) is 4.79 Å². The predicted octanol–water partition coefficient (Wildman–Crippen LogP) is 3.47. The van der Waals surface area contributed by atoms with Gasteiger partial charge in [0, 0.05) is 13.7 Å². The normalized spacial score (nSPS) is 10.4. The Labute approximate surface area is 141 Å². The fourth-order valence-electron chi connectivity index (χ4n) is 2.18. The Morgan fingerprint density at radius 1 is 1.30 bits per heavy atom. The number of rotatable bonds is 6. The molecule has 0 aliphatic rings.